The van der Waals surface area contributed by atoms with Gasteiger partial charge >= 0.3 is 0 Å². The summed E-state index contributed by atoms with van der Waals surface area (Å²) in [6.07, 6.45) is 4.04. The van der Waals surface area contributed by atoms with Gasteiger partial charge in [0.25, 0.3) is 5.91 Å². The molecular weight excluding hydrogens is 302 g/mol. The molecule has 2 aromatic rings. The highest BCUT2D eigenvalue weighted by atomic mass is 16.2. The number of para-hydroxylation sites is 1. The maximum Gasteiger partial charge on any atom is 0.257 e. The van der Waals surface area contributed by atoms with E-state index in [4.69, 9.17) is 0 Å². The minimum atomic E-state index is -0.145. The SMILES string of the molecule is CC(=O)N1CCc2c(cncc2C(=O)Nc2c(C)cccc2C)C1. The number of hydrogen-bond acceptors (Lipinski definition) is 3. The molecule has 5 nitrogen and oxygen atoms in total. The smallest absolute Gasteiger partial charge is 0.257 e. The number of nitrogens with zero attached hydrogens (tertiary/aromatic N) is 2. The molecule has 2 heterocycles. The van der Waals surface area contributed by atoms with Crippen LogP contribution >= 0.6 is 0 Å². The number of anilines is 1. The monoisotopic (exact) mass is 323 g/mol. The Hall–Kier alpha value is -2.69. The molecule has 1 aromatic carbocycles. The average molecular weight is 323 g/mol. The van der Waals surface area contributed by atoms with Gasteiger partial charge in [0.05, 0.1) is 5.56 Å². The highest BCUT2D eigenvalue weighted by molar-refractivity contribution is 6.06. The Morgan fingerprint density at radius 2 is 1.88 bits per heavy atom. The summed E-state index contributed by atoms with van der Waals surface area (Å²) in [5.74, 6) is -0.0981. The first-order valence-corrected chi connectivity index (χ1v) is 8.06. The number of pyridine rings is 1. The van der Waals surface area contributed by atoms with Crippen molar-refractivity contribution >= 4 is 17.5 Å². The van der Waals surface area contributed by atoms with Gasteiger partial charge in [0.1, 0.15) is 0 Å². The summed E-state index contributed by atoms with van der Waals surface area (Å²) in [5.41, 5.74) is 5.45. The minimum Gasteiger partial charge on any atom is -0.338 e. The molecule has 0 unspecified atom stereocenters. The Kier molecular flexibility index (Phi) is 4.34. The maximum atomic E-state index is 12.8. The van der Waals surface area contributed by atoms with Crippen molar-refractivity contribution in [3.63, 3.8) is 0 Å². The van der Waals surface area contributed by atoms with E-state index in [1.807, 2.05) is 32.0 Å². The number of amides is 2. The normalized spacial score (nSPS) is 13.4. The maximum absolute atomic E-state index is 12.8. The van der Waals surface area contributed by atoms with Crippen LogP contribution in [0.2, 0.25) is 0 Å². The number of carbonyl (C=O) groups is 2. The molecule has 0 aliphatic carbocycles. The van der Waals surface area contributed by atoms with Gasteiger partial charge in [-0.1, -0.05) is 18.2 Å². The number of carbonyl (C=O) groups excluding carboxylic acids is 2. The lowest BCUT2D eigenvalue weighted by Crippen LogP contribution is -2.35. The van der Waals surface area contributed by atoms with E-state index in [-0.39, 0.29) is 11.8 Å². The molecule has 2 amide bonds. The van der Waals surface area contributed by atoms with Crippen molar-refractivity contribution in [2.45, 2.75) is 33.7 Å². The van der Waals surface area contributed by atoms with Crippen molar-refractivity contribution in [3.8, 4) is 0 Å². The highest BCUT2D eigenvalue weighted by Crippen LogP contribution is 2.24. The lowest BCUT2D eigenvalue weighted by atomic mass is 9.96. The topological polar surface area (TPSA) is 62.3 Å². The van der Waals surface area contributed by atoms with Gasteiger partial charge < -0.3 is 10.2 Å². The fourth-order valence-corrected chi connectivity index (χ4v) is 3.15. The standard InChI is InChI=1S/C19H21N3O2/c1-12-5-4-6-13(2)18(12)21-19(24)17-10-20-9-15-11-22(14(3)23)8-7-16(15)17/h4-6,9-10H,7-8,11H2,1-3H3,(H,21,24). The van der Waals surface area contributed by atoms with E-state index < -0.39 is 0 Å². The summed E-state index contributed by atoms with van der Waals surface area (Å²) in [5, 5.41) is 3.02. The lowest BCUT2D eigenvalue weighted by Gasteiger charge is -2.28. The number of hydrogen-bond donors (Lipinski definition) is 1. The zero-order valence-corrected chi connectivity index (χ0v) is 14.2. The molecule has 24 heavy (non-hydrogen) atoms. The van der Waals surface area contributed by atoms with Gasteiger partial charge in [-0.05, 0) is 42.5 Å². The van der Waals surface area contributed by atoms with E-state index >= 15 is 0 Å². The van der Waals surface area contributed by atoms with Crippen LogP contribution < -0.4 is 5.32 Å². The number of benzene rings is 1. The van der Waals surface area contributed by atoms with Crippen LogP contribution in [-0.2, 0) is 17.8 Å². The molecule has 1 aliphatic rings. The first-order chi connectivity index (χ1) is 11.5. The molecule has 0 saturated heterocycles. The van der Waals surface area contributed by atoms with Crippen molar-refractivity contribution in [3.05, 3.63) is 58.4 Å². The van der Waals surface area contributed by atoms with Crippen LogP contribution in [0.5, 0.6) is 0 Å². The fourth-order valence-electron chi connectivity index (χ4n) is 3.15. The van der Waals surface area contributed by atoms with Crippen LogP contribution in [0.4, 0.5) is 5.69 Å². The Bertz CT molecular complexity index is 794. The summed E-state index contributed by atoms with van der Waals surface area (Å²) >= 11 is 0. The number of rotatable bonds is 2. The fraction of sp³-hybridized carbons (Fsp3) is 0.316. The first kappa shape index (κ1) is 16.2. The molecule has 0 atom stereocenters. The number of nitrogens with one attached hydrogen (secondary N) is 1. The van der Waals surface area contributed by atoms with Gasteiger partial charge in [-0.15, -0.1) is 0 Å². The molecule has 0 bridgehead atoms. The van der Waals surface area contributed by atoms with Crippen LogP contribution in [0.3, 0.4) is 0 Å². The molecule has 1 aromatic heterocycles. The molecule has 0 radical (unpaired) electrons. The largest absolute Gasteiger partial charge is 0.338 e. The van der Waals surface area contributed by atoms with Crippen molar-refractivity contribution in [1.29, 1.82) is 0 Å². The minimum absolute atomic E-state index is 0.0473. The molecular formula is C19H21N3O2. The Labute approximate surface area is 141 Å². The first-order valence-electron chi connectivity index (χ1n) is 8.06. The van der Waals surface area contributed by atoms with Crippen LogP contribution in [0.1, 0.15) is 39.5 Å². The van der Waals surface area contributed by atoms with Crippen molar-refractivity contribution in [2.24, 2.45) is 0 Å². The van der Waals surface area contributed by atoms with E-state index in [0.29, 0.717) is 25.1 Å². The van der Waals surface area contributed by atoms with E-state index in [1.54, 1.807) is 24.2 Å². The third-order valence-corrected chi connectivity index (χ3v) is 4.55. The van der Waals surface area contributed by atoms with E-state index in [0.717, 1.165) is 27.9 Å². The van der Waals surface area contributed by atoms with Crippen LogP contribution in [0.15, 0.2) is 30.6 Å². The average Bonchev–Trinajstić information content (AvgIpc) is 2.57. The molecule has 1 aliphatic heterocycles. The van der Waals surface area contributed by atoms with Crippen molar-refractivity contribution in [1.82, 2.24) is 9.88 Å². The predicted octanol–water partition coefficient (Wildman–Crippen LogP) is 2.86. The Morgan fingerprint density at radius 3 is 2.54 bits per heavy atom. The van der Waals surface area contributed by atoms with Crippen molar-refractivity contribution < 1.29 is 9.59 Å². The summed E-state index contributed by atoms with van der Waals surface area (Å²) in [6, 6.07) is 5.93. The number of aromatic nitrogens is 1. The number of fused-ring (bicyclic) bond motifs is 1. The molecule has 0 saturated carbocycles. The molecule has 0 fully saturated rings. The van der Waals surface area contributed by atoms with E-state index in [2.05, 4.69) is 10.3 Å². The van der Waals surface area contributed by atoms with Crippen LogP contribution in [0, 0.1) is 13.8 Å². The summed E-state index contributed by atoms with van der Waals surface area (Å²) in [4.78, 5) is 30.3. The van der Waals surface area contributed by atoms with Gasteiger partial charge in [0.15, 0.2) is 0 Å². The second kappa shape index (κ2) is 6.43. The Balaban J connectivity index is 1.90. The second-order valence-electron chi connectivity index (χ2n) is 6.24. The van der Waals surface area contributed by atoms with Gasteiger partial charge in [-0.2, -0.15) is 0 Å². The second-order valence-corrected chi connectivity index (χ2v) is 6.24. The quantitative estimate of drug-likeness (QED) is 0.924. The molecule has 124 valence electrons. The zero-order valence-electron chi connectivity index (χ0n) is 14.2. The molecule has 1 N–H and O–H groups in total. The van der Waals surface area contributed by atoms with Gasteiger partial charge in [-0.3, -0.25) is 14.6 Å². The summed E-state index contributed by atoms with van der Waals surface area (Å²) in [6.45, 7) is 6.67. The zero-order chi connectivity index (χ0) is 17.3. The van der Waals surface area contributed by atoms with Crippen LogP contribution in [0.25, 0.3) is 0 Å². The third-order valence-electron chi connectivity index (χ3n) is 4.55. The van der Waals surface area contributed by atoms with Gasteiger partial charge in [-0.25, -0.2) is 0 Å². The number of aryl methyl sites for hydroxylation is 2. The van der Waals surface area contributed by atoms with E-state index in [9.17, 15) is 9.59 Å². The van der Waals surface area contributed by atoms with Crippen LogP contribution in [-0.4, -0.2) is 28.2 Å². The molecule has 0 spiro atoms. The summed E-state index contributed by atoms with van der Waals surface area (Å²) in [7, 11) is 0. The third kappa shape index (κ3) is 3.02. The molecule has 5 heteroatoms. The lowest BCUT2D eigenvalue weighted by molar-refractivity contribution is -0.129. The van der Waals surface area contributed by atoms with Crippen molar-refractivity contribution in [2.75, 3.05) is 11.9 Å². The highest BCUT2D eigenvalue weighted by Gasteiger charge is 2.23. The van der Waals surface area contributed by atoms with Gasteiger partial charge in [0, 0.05) is 38.1 Å². The van der Waals surface area contributed by atoms with Gasteiger partial charge in [0.2, 0.25) is 5.91 Å². The predicted molar refractivity (Wildman–Crippen MR) is 92.9 cm³/mol. The molecule has 3 rings (SSSR count). The summed E-state index contributed by atoms with van der Waals surface area (Å²) < 4.78 is 0. The van der Waals surface area contributed by atoms with E-state index in [1.165, 1.54) is 0 Å². The Morgan fingerprint density at radius 1 is 1.17 bits per heavy atom.